The van der Waals surface area contributed by atoms with Gasteiger partial charge in [0.05, 0.1) is 0 Å². The van der Waals surface area contributed by atoms with Gasteiger partial charge in [0.25, 0.3) is 0 Å². The van der Waals surface area contributed by atoms with Gasteiger partial charge in [-0.15, -0.1) is 0 Å². The van der Waals surface area contributed by atoms with Gasteiger partial charge in [-0.1, -0.05) is 20.8 Å². The molecule has 1 aromatic rings. The van der Waals surface area contributed by atoms with Crippen molar-refractivity contribution in [1.82, 2.24) is 5.32 Å². The molecular weight excluding hydrogens is 258 g/mol. The zero-order valence-electron chi connectivity index (χ0n) is 12.9. The van der Waals surface area contributed by atoms with Crippen LogP contribution in [0, 0.1) is 6.92 Å². The minimum Gasteiger partial charge on any atom is -0.463 e. The summed E-state index contributed by atoms with van der Waals surface area (Å²) in [6.07, 6.45) is 0. The van der Waals surface area contributed by atoms with Gasteiger partial charge in [0.1, 0.15) is 17.1 Å². The maximum Gasteiger partial charge on any atom is 0.136 e. The van der Waals surface area contributed by atoms with E-state index in [9.17, 15) is 5.11 Å². The van der Waals surface area contributed by atoms with E-state index in [-0.39, 0.29) is 4.75 Å². The minimum atomic E-state index is -0.963. The summed E-state index contributed by atoms with van der Waals surface area (Å²) >= 11 is 1.92. The van der Waals surface area contributed by atoms with E-state index in [4.69, 9.17) is 4.42 Å². The molecule has 0 bridgehead atoms. The van der Waals surface area contributed by atoms with Crippen LogP contribution in [0.15, 0.2) is 16.5 Å². The van der Waals surface area contributed by atoms with Gasteiger partial charge in [-0.25, -0.2) is 0 Å². The lowest BCUT2D eigenvalue weighted by Crippen LogP contribution is -2.40. The van der Waals surface area contributed by atoms with Gasteiger partial charge in [0.2, 0.25) is 0 Å². The molecule has 0 amide bonds. The lowest BCUT2D eigenvalue weighted by molar-refractivity contribution is 0.0319. The largest absolute Gasteiger partial charge is 0.463 e. The van der Waals surface area contributed by atoms with Crippen molar-refractivity contribution in [1.29, 1.82) is 0 Å². The first-order chi connectivity index (χ1) is 8.60. The second-order valence-electron chi connectivity index (χ2n) is 6.39. The van der Waals surface area contributed by atoms with E-state index < -0.39 is 5.60 Å². The van der Waals surface area contributed by atoms with Gasteiger partial charge in [-0.3, -0.25) is 0 Å². The summed E-state index contributed by atoms with van der Waals surface area (Å²) < 4.78 is 5.77. The predicted molar refractivity (Wildman–Crippen MR) is 82.7 cm³/mol. The van der Waals surface area contributed by atoms with Gasteiger partial charge in [0.15, 0.2) is 0 Å². The van der Waals surface area contributed by atoms with E-state index in [1.54, 1.807) is 6.92 Å². The number of thioether (sulfide) groups is 1. The topological polar surface area (TPSA) is 45.4 Å². The molecule has 0 spiro atoms. The normalized spacial score (nSPS) is 17.2. The summed E-state index contributed by atoms with van der Waals surface area (Å²) in [6.45, 7) is 12.9. The van der Waals surface area contributed by atoms with E-state index in [1.807, 2.05) is 30.8 Å². The minimum absolute atomic E-state index is 0.274. The van der Waals surface area contributed by atoms with Gasteiger partial charge in [0, 0.05) is 23.1 Å². The fraction of sp³-hybridized carbons (Fsp3) is 0.733. The lowest BCUT2D eigenvalue weighted by atomic mass is 10.0. The van der Waals surface area contributed by atoms with Gasteiger partial charge < -0.3 is 14.8 Å². The van der Waals surface area contributed by atoms with Crippen LogP contribution < -0.4 is 5.32 Å². The molecule has 0 aliphatic heterocycles. The van der Waals surface area contributed by atoms with Crippen LogP contribution in [0.25, 0.3) is 0 Å². The molecule has 1 aromatic heterocycles. The Hall–Kier alpha value is -0.450. The van der Waals surface area contributed by atoms with Crippen molar-refractivity contribution >= 4 is 11.8 Å². The van der Waals surface area contributed by atoms with E-state index in [0.717, 1.165) is 11.5 Å². The summed E-state index contributed by atoms with van der Waals surface area (Å²) in [5.74, 6) is 2.47. The van der Waals surface area contributed by atoms with E-state index >= 15 is 0 Å². The Morgan fingerprint density at radius 2 is 1.95 bits per heavy atom. The highest BCUT2D eigenvalue weighted by Gasteiger charge is 2.27. The Labute approximate surface area is 121 Å². The van der Waals surface area contributed by atoms with E-state index in [1.165, 1.54) is 0 Å². The number of hydrogen-bond donors (Lipinski definition) is 2. The highest BCUT2D eigenvalue weighted by Crippen LogP contribution is 2.25. The third-order valence-corrected chi connectivity index (χ3v) is 4.36. The van der Waals surface area contributed by atoms with Crippen LogP contribution in [0.1, 0.15) is 46.1 Å². The fourth-order valence-electron chi connectivity index (χ4n) is 1.62. The first-order valence-corrected chi connectivity index (χ1v) is 7.75. The molecule has 19 heavy (non-hydrogen) atoms. The van der Waals surface area contributed by atoms with Crippen molar-refractivity contribution in [2.24, 2.45) is 0 Å². The molecule has 0 saturated carbocycles. The molecule has 0 aliphatic carbocycles. The van der Waals surface area contributed by atoms with Crippen molar-refractivity contribution in [2.45, 2.75) is 57.9 Å². The van der Waals surface area contributed by atoms with E-state index in [2.05, 4.69) is 33.0 Å². The molecule has 2 atom stereocenters. The maximum atomic E-state index is 10.4. The van der Waals surface area contributed by atoms with Gasteiger partial charge >= 0.3 is 0 Å². The molecule has 0 saturated heterocycles. The Balaban J connectivity index is 2.43. The Bertz CT molecular complexity index is 393. The van der Waals surface area contributed by atoms with Crippen LogP contribution in [-0.2, 0) is 5.60 Å². The number of aryl methyl sites for hydroxylation is 1. The summed E-state index contributed by atoms with van der Waals surface area (Å²) in [7, 11) is 0. The summed E-state index contributed by atoms with van der Waals surface area (Å²) in [5.41, 5.74) is -0.963. The molecular formula is C15H27NO2S. The summed E-state index contributed by atoms with van der Waals surface area (Å²) in [5, 5.41) is 13.8. The second-order valence-corrected chi connectivity index (χ2v) is 8.24. The molecule has 1 rings (SSSR count). The molecule has 0 radical (unpaired) electrons. The van der Waals surface area contributed by atoms with Crippen molar-refractivity contribution in [3.05, 3.63) is 23.7 Å². The Morgan fingerprint density at radius 1 is 1.32 bits per heavy atom. The molecule has 110 valence electrons. The van der Waals surface area contributed by atoms with Crippen LogP contribution in [0.4, 0.5) is 0 Å². The molecule has 1 heterocycles. The van der Waals surface area contributed by atoms with E-state index in [0.29, 0.717) is 18.3 Å². The SMILES string of the molecule is Cc1ccc(C(C)(O)CNC(C)CSC(C)(C)C)o1. The zero-order valence-corrected chi connectivity index (χ0v) is 13.7. The monoisotopic (exact) mass is 285 g/mol. The summed E-state index contributed by atoms with van der Waals surface area (Å²) in [6, 6.07) is 4.07. The first-order valence-electron chi connectivity index (χ1n) is 6.77. The fourth-order valence-corrected chi connectivity index (χ4v) is 2.49. The van der Waals surface area contributed by atoms with Crippen molar-refractivity contribution in [3.8, 4) is 0 Å². The average Bonchev–Trinajstić information content (AvgIpc) is 2.70. The molecule has 4 heteroatoms. The second kappa shape index (κ2) is 6.33. The van der Waals surface area contributed by atoms with Gasteiger partial charge in [-0.2, -0.15) is 11.8 Å². The molecule has 3 nitrogen and oxygen atoms in total. The molecule has 2 N–H and O–H groups in total. The first kappa shape index (κ1) is 16.6. The van der Waals surface area contributed by atoms with Crippen LogP contribution in [0.5, 0.6) is 0 Å². The molecule has 0 aliphatic rings. The lowest BCUT2D eigenvalue weighted by Gasteiger charge is -2.26. The third kappa shape index (κ3) is 6.02. The highest BCUT2D eigenvalue weighted by molar-refractivity contribution is 8.00. The molecule has 0 fully saturated rings. The van der Waals surface area contributed by atoms with Crippen molar-refractivity contribution in [2.75, 3.05) is 12.3 Å². The smallest absolute Gasteiger partial charge is 0.136 e. The predicted octanol–water partition coefficient (Wildman–Crippen LogP) is 3.31. The number of furan rings is 1. The number of nitrogens with one attached hydrogen (secondary N) is 1. The Morgan fingerprint density at radius 3 is 2.42 bits per heavy atom. The van der Waals surface area contributed by atoms with Crippen molar-refractivity contribution < 1.29 is 9.52 Å². The van der Waals surface area contributed by atoms with Crippen LogP contribution >= 0.6 is 11.8 Å². The standard InChI is InChI=1S/C15H27NO2S/c1-11(9-19-14(3,4)5)16-10-15(6,17)13-8-7-12(2)18-13/h7-8,11,16-17H,9-10H2,1-6H3. The highest BCUT2D eigenvalue weighted by atomic mass is 32.2. The zero-order chi connectivity index (χ0) is 14.7. The van der Waals surface area contributed by atoms with Crippen LogP contribution in [-0.4, -0.2) is 28.2 Å². The number of rotatable bonds is 6. The number of aliphatic hydroxyl groups is 1. The Kier molecular flexibility index (Phi) is 5.53. The van der Waals surface area contributed by atoms with Gasteiger partial charge in [-0.05, 0) is 32.9 Å². The maximum absolute atomic E-state index is 10.4. The molecule has 0 aromatic carbocycles. The third-order valence-electron chi connectivity index (χ3n) is 2.83. The number of hydrogen-bond acceptors (Lipinski definition) is 4. The quantitative estimate of drug-likeness (QED) is 0.842. The summed E-state index contributed by atoms with van der Waals surface area (Å²) in [4.78, 5) is 0. The van der Waals surface area contributed by atoms with Crippen LogP contribution in [0.3, 0.4) is 0 Å². The molecule has 2 unspecified atom stereocenters. The average molecular weight is 285 g/mol. The van der Waals surface area contributed by atoms with Crippen LogP contribution in [0.2, 0.25) is 0 Å². The van der Waals surface area contributed by atoms with Crippen molar-refractivity contribution in [3.63, 3.8) is 0 Å².